The van der Waals surface area contributed by atoms with Crippen molar-refractivity contribution in [2.24, 2.45) is 0 Å². The van der Waals surface area contributed by atoms with Gasteiger partial charge < -0.3 is 0 Å². The maximum absolute atomic E-state index is 3.97. The maximum atomic E-state index is 3.97. The lowest BCUT2D eigenvalue weighted by atomic mass is 10.1. The molecule has 0 radical (unpaired) electrons. The molecule has 60 valence electrons. The Labute approximate surface area is 65.3 Å². The summed E-state index contributed by atoms with van der Waals surface area (Å²) in [6.45, 7) is 7.97. The van der Waals surface area contributed by atoms with E-state index in [0.29, 0.717) is 0 Å². The summed E-state index contributed by atoms with van der Waals surface area (Å²) in [5.41, 5.74) is 1.47. The molecule has 1 aliphatic rings. The highest BCUT2D eigenvalue weighted by molar-refractivity contribution is 4.94. The summed E-state index contributed by atoms with van der Waals surface area (Å²) in [6, 6.07) is 0. The van der Waals surface area contributed by atoms with Crippen LogP contribution in [0.15, 0.2) is 12.2 Å². The molecule has 0 unspecified atom stereocenters. The van der Waals surface area contributed by atoms with Crippen LogP contribution in [0.2, 0.25) is 0 Å². The Balaban J connectivity index is 0.000000371. The summed E-state index contributed by atoms with van der Waals surface area (Å²) >= 11 is 0. The van der Waals surface area contributed by atoms with Crippen LogP contribution in [0, 0.1) is 0 Å². The molecule has 1 fully saturated rings. The molecule has 0 spiro atoms. The zero-order chi connectivity index (χ0) is 7.82. The van der Waals surface area contributed by atoms with Gasteiger partial charge in [0.25, 0.3) is 0 Å². The standard InChI is InChI=1S/C8H14.C2H6/c1-8-6-4-2-3-5-7-8;1-2/h1-7H2;1-2H3. The molecule has 0 amide bonds. The Morgan fingerprint density at radius 3 is 1.70 bits per heavy atom. The molecule has 0 heterocycles. The summed E-state index contributed by atoms with van der Waals surface area (Å²) in [5, 5.41) is 0. The summed E-state index contributed by atoms with van der Waals surface area (Å²) in [4.78, 5) is 0. The third-order valence-corrected chi connectivity index (χ3v) is 1.81. The van der Waals surface area contributed by atoms with Crippen LogP contribution in [0.1, 0.15) is 52.4 Å². The Kier molecular flexibility index (Phi) is 6.68. The molecule has 10 heavy (non-hydrogen) atoms. The normalized spacial score (nSPS) is 18.8. The van der Waals surface area contributed by atoms with Crippen LogP contribution in [-0.4, -0.2) is 0 Å². The lowest BCUT2D eigenvalue weighted by Gasteiger charge is -1.94. The molecule has 0 bridgehead atoms. The van der Waals surface area contributed by atoms with E-state index in [0.717, 1.165) is 0 Å². The second kappa shape index (κ2) is 6.85. The SMILES string of the molecule is C=C1CCCCCC1.CC. The van der Waals surface area contributed by atoms with Gasteiger partial charge in [0.2, 0.25) is 0 Å². The van der Waals surface area contributed by atoms with Crippen LogP contribution < -0.4 is 0 Å². The predicted molar refractivity (Wildman–Crippen MR) is 48.2 cm³/mol. The Morgan fingerprint density at radius 1 is 0.900 bits per heavy atom. The van der Waals surface area contributed by atoms with E-state index in [1.54, 1.807) is 0 Å². The van der Waals surface area contributed by atoms with Gasteiger partial charge in [0.15, 0.2) is 0 Å². The van der Waals surface area contributed by atoms with Gasteiger partial charge in [0.05, 0.1) is 0 Å². The molecule has 1 saturated carbocycles. The molecule has 0 aliphatic heterocycles. The quantitative estimate of drug-likeness (QED) is 0.353. The predicted octanol–water partition coefficient (Wildman–Crippen LogP) is 3.92. The molecular formula is C10H20. The van der Waals surface area contributed by atoms with Crippen molar-refractivity contribution in [1.29, 1.82) is 0 Å². The Hall–Kier alpha value is -0.260. The fraction of sp³-hybridized carbons (Fsp3) is 0.800. The van der Waals surface area contributed by atoms with Crippen molar-refractivity contribution in [3.05, 3.63) is 12.2 Å². The van der Waals surface area contributed by atoms with Crippen LogP contribution in [-0.2, 0) is 0 Å². The van der Waals surface area contributed by atoms with E-state index in [1.165, 1.54) is 44.1 Å². The molecular weight excluding hydrogens is 120 g/mol. The first-order valence-corrected chi connectivity index (χ1v) is 4.56. The molecule has 0 atom stereocenters. The third kappa shape index (κ3) is 4.60. The summed E-state index contributed by atoms with van der Waals surface area (Å²) in [7, 11) is 0. The summed E-state index contributed by atoms with van der Waals surface area (Å²) in [6.07, 6.45) is 8.22. The minimum absolute atomic E-state index is 1.29. The van der Waals surface area contributed by atoms with Gasteiger partial charge in [-0.3, -0.25) is 0 Å². The largest absolute Gasteiger partial charge is 0.0999 e. The van der Waals surface area contributed by atoms with Gasteiger partial charge in [0.1, 0.15) is 0 Å². The highest BCUT2D eigenvalue weighted by Gasteiger charge is 1.99. The summed E-state index contributed by atoms with van der Waals surface area (Å²) in [5.74, 6) is 0. The highest BCUT2D eigenvalue weighted by atomic mass is 14.1. The first-order chi connectivity index (χ1) is 4.89. The molecule has 1 rings (SSSR count). The van der Waals surface area contributed by atoms with Gasteiger partial charge >= 0.3 is 0 Å². The van der Waals surface area contributed by atoms with E-state index in [4.69, 9.17) is 0 Å². The van der Waals surface area contributed by atoms with Crippen molar-refractivity contribution >= 4 is 0 Å². The van der Waals surface area contributed by atoms with Crippen molar-refractivity contribution in [2.75, 3.05) is 0 Å². The molecule has 0 N–H and O–H groups in total. The van der Waals surface area contributed by atoms with E-state index in [-0.39, 0.29) is 0 Å². The first-order valence-electron chi connectivity index (χ1n) is 4.56. The van der Waals surface area contributed by atoms with Gasteiger partial charge in [-0.25, -0.2) is 0 Å². The van der Waals surface area contributed by atoms with Crippen molar-refractivity contribution in [1.82, 2.24) is 0 Å². The molecule has 0 heteroatoms. The molecule has 0 nitrogen and oxygen atoms in total. The molecule has 1 aliphatic carbocycles. The fourth-order valence-electron chi connectivity index (χ4n) is 1.23. The lowest BCUT2D eigenvalue weighted by molar-refractivity contribution is 0.702. The molecule has 0 aromatic carbocycles. The van der Waals surface area contributed by atoms with Crippen LogP contribution in [0.5, 0.6) is 0 Å². The second-order valence-corrected chi connectivity index (χ2v) is 2.66. The molecule has 0 aromatic heterocycles. The van der Waals surface area contributed by atoms with E-state index in [1.807, 2.05) is 13.8 Å². The van der Waals surface area contributed by atoms with Crippen molar-refractivity contribution in [3.8, 4) is 0 Å². The second-order valence-electron chi connectivity index (χ2n) is 2.66. The third-order valence-electron chi connectivity index (χ3n) is 1.81. The average molecular weight is 140 g/mol. The number of hydrogen-bond donors (Lipinski definition) is 0. The van der Waals surface area contributed by atoms with Crippen molar-refractivity contribution in [3.63, 3.8) is 0 Å². The Morgan fingerprint density at radius 2 is 1.30 bits per heavy atom. The zero-order valence-corrected chi connectivity index (χ0v) is 7.45. The van der Waals surface area contributed by atoms with Gasteiger partial charge in [-0.05, 0) is 25.7 Å². The smallest absolute Gasteiger partial charge is 0.0323 e. The topological polar surface area (TPSA) is 0 Å². The number of allylic oxidation sites excluding steroid dienone is 1. The minimum Gasteiger partial charge on any atom is -0.0999 e. The first kappa shape index (κ1) is 9.74. The van der Waals surface area contributed by atoms with Crippen molar-refractivity contribution < 1.29 is 0 Å². The summed E-state index contributed by atoms with van der Waals surface area (Å²) < 4.78 is 0. The Bertz CT molecular complexity index is 72.0. The van der Waals surface area contributed by atoms with E-state index < -0.39 is 0 Å². The van der Waals surface area contributed by atoms with Gasteiger partial charge in [-0.15, -0.1) is 0 Å². The van der Waals surface area contributed by atoms with Crippen molar-refractivity contribution in [2.45, 2.75) is 52.4 Å². The van der Waals surface area contributed by atoms with E-state index >= 15 is 0 Å². The highest BCUT2D eigenvalue weighted by Crippen LogP contribution is 2.19. The van der Waals surface area contributed by atoms with Crippen LogP contribution in [0.25, 0.3) is 0 Å². The molecule has 0 aromatic rings. The number of rotatable bonds is 0. The molecule has 0 saturated heterocycles. The van der Waals surface area contributed by atoms with Gasteiger partial charge in [-0.1, -0.05) is 38.8 Å². The van der Waals surface area contributed by atoms with E-state index in [2.05, 4.69) is 6.58 Å². The van der Waals surface area contributed by atoms with Gasteiger partial charge in [0, 0.05) is 0 Å². The zero-order valence-electron chi connectivity index (χ0n) is 7.45. The van der Waals surface area contributed by atoms with E-state index in [9.17, 15) is 0 Å². The number of hydrogen-bond acceptors (Lipinski definition) is 0. The fourth-order valence-corrected chi connectivity index (χ4v) is 1.23. The monoisotopic (exact) mass is 140 g/mol. The maximum Gasteiger partial charge on any atom is -0.0323 e. The minimum atomic E-state index is 1.29. The lowest BCUT2D eigenvalue weighted by Crippen LogP contribution is -1.74. The van der Waals surface area contributed by atoms with Gasteiger partial charge in [-0.2, -0.15) is 0 Å². The average Bonchev–Trinajstić information content (AvgIpc) is 2.21. The van der Waals surface area contributed by atoms with Crippen LogP contribution >= 0.6 is 0 Å². The van der Waals surface area contributed by atoms with Crippen LogP contribution in [0.3, 0.4) is 0 Å². The van der Waals surface area contributed by atoms with Crippen LogP contribution in [0.4, 0.5) is 0 Å².